The van der Waals surface area contributed by atoms with Crippen LogP contribution in [0.3, 0.4) is 0 Å². The van der Waals surface area contributed by atoms with E-state index >= 15 is 0 Å². The molecule has 0 aliphatic carbocycles. The third kappa shape index (κ3) is 5.04. The molecule has 0 fully saturated rings. The number of hydrogen-bond acceptors (Lipinski definition) is 3. The van der Waals surface area contributed by atoms with Gasteiger partial charge in [0.1, 0.15) is 0 Å². The minimum atomic E-state index is -0.362. The number of carbonyl (C=O) groups excluding carboxylic acids is 2. The van der Waals surface area contributed by atoms with Gasteiger partial charge in [0.25, 0.3) is 11.8 Å². The first-order chi connectivity index (χ1) is 11.5. The highest BCUT2D eigenvalue weighted by molar-refractivity contribution is 9.10. The van der Waals surface area contributed by atoms with Crippen LogP contribution in [0.15, 0.2) is 47.2 Å². The number of amides is 2. The second kappa shape index (κ2) is 8.80. The Labute approximate surface area is 154 Å². The molecule has 0 aliphatic heterocycles. The molecule has 0 unspecified atom stereocenters. The Bertz CT molecular complexity index is 722. The van der Waals surface area contributed by atoms with Gasteiger partial charge < -0.3 is 0 Å². The Morgan fingerprint density at radius 2 is 1.92 bits per heavy atom. The fourth-order valence-electron chi connectivity index (χ4n) is 2.00. The lowest BCUT2D eigenvalue weighted by Gasteiger charge is -2.23. The summed E-state index contributed by atoms with van der Waals surface area (Å²) >= 11 is 9.12. The molecular weight excluding hydrogens is 394 g/mol. The highest BCUT2D eigenvalue weighted by Crippen LogP contribution is 2.13. The van der Waals surface area contributed by atoms with Gasteiger partial charge in [0, 0.05) is 34.0 Å². The molecule has 0 atom stereocenters. The van der Waals surface area contributed by atoms with Gasteiger partial charge in [0.15, 0.2) is 0 Å². The van der Waals surface area contributed by atoms with Crippen molar-refractivity contribution in [3.05, 3.63) is 63.3 Å². The number of rotatable bonds is 5. The van der Waals surface area contributed by atoms with Gasteiger partial charge in [-0.25, -0.2) is 5.01 Å². The number of nitrogens with zero attached hydrogens (tertiary/aromatic N) is 2. The predicted molar refractivity (Wildman–Crippen MR) is 96.8 cm³/mol. The number of carbonyl (C=O) groups is 2. The lowest BCUT2D eigenvalue weighted by molar-refractivity contribution is 0.0580. The van der Waals surface area contributed by atoms with Gasteiger partial charge in [-0.1, -0.05) is 24.9 Å². The average molecular weight is 411 g/mol. The normalized spacial score (nSPS) is 10.3. The molecule has 0 saturated carbocycles. The summed E-state index contributed by atoms with van der Waals surface area (Å²) in [5, 5.41) is 1.87. The van der Waals surface area contributed by atoms with Crippen molar-refractivity contribution < 1.29 is 9.59 Å². The van der Waals surface area contributed by atoms with Gasteiger partial charge in [-0.05, 0) is 52.7 Å². The van der Waals surface area contributed by atoms with E-state index in [-0.39, 0.29) is 11.8 Å². The first-order valence-corrected chi connectivity index (χ1v) is 8.67. The van der Waals surface area contributed by atoms with Crippen molar-refractivity contribution in [3.63, 3.8) is 0 Å². The van der Waals surface area contributed by atoms with Crippen molar-refractivity contribution in [2.75, 3.05) is 6.54 Å². The molecule has 1 aromatic heterocycles. The SMILES string of the molecule is CCCCN(NC(=O)c1ccc(Cl)cc1)C(=O)c1cncc(Br)c1. The van der Waals surface area contributed by atoms with Crippen LogP contribution in [-0.4, -0.2) is 28.4 Å². The van der Waals surface area contributed by atoms with Crippen molar-refractivity contribution >= 4 is 39.3 Å². The molecule has 0 aliphatic rings. The number of hydrogen-bond donors (Lipinski definition) is 1. The Balaban J connectivity index is 2.16. The molecule has 2 aromatic rings. The summed E-state index contributed by atoms with van der Waals surface area (Å²) in [6.07, 6.45) is 4.74. The van der Waals surface area contributed by atoms with Crippen molar-refractivity contribution in [2.45, 2.75) is 19.8 Å². The predicted octanol–water partition coefficient (Wildman–Crippen LogP) is 4.08. The maximum absolute atomic E-state index is 12.7. The highest BCUT2D eigenvalue weighted by Gasteiger charge is 2.19. The zero-order chi connectivity index (χ0) is 17.5. The van der Waals surface area contributed by atoms with Crippen molar-refractivity contribution in [1.29, 1.82) is 0 Å². The molecule has 1 aromatic carbocycles. The quantitative estimate of drug-likeness (QED) is 0.755. The number of nitrogens with one attached hydrogen (secondary N) is 1. The summed E-state index contributed by atoms with van der Waals surface area (Å²) in [6, 6.07) is 8.16. The van der Waals surface area contributed by atoms with Gasteiger partial charge in [-0.2, -0.15) is 0 Å². The van der Waals surface area contributed by atoms with Crippen LogP contribution in [-0.2, 0) is 0 Å². The topological polar surface area (TPSA) is 62.3 Å². The largest absolute Gasteiger partial charge is 0.273 e. The highest BCUT2D eigenvalue weighted by atomic mass is 79.9. The van der Waals surface area contributed by atoms with Crippen LogP contribution in [0.25, 0.3) is 0 Å². The molecule has 1 N–H and O–H groups in total. The van der Waals surface area contributed by atoms with Gasteiger partial charge in [-0.3, -0.25) is 20.0 Å². The number of hydrazine groups is 1. The molecule has 1 heterocycles. The molecule has 0 radical (unpaired) electrons. The number of halogens is 2. The Morgan fingerprint density at radius 3 is 2.54 bits per heavy atom. The number of aromatic nitrogens is 1. The minimum Gasteiger partial charge on any atom is -0.267 e. The molecule has 0 bridgehead atoms. The lowest BCUT2D eigenvalue weighted by atomic mass is 10.2. The Kier molecular flexibility index (Phi) is 6.75. The standard InChI is InChI=1S/C17H17BrClN3O2/c1-2-3-8-22(17(24)13-9-14(18)11-20-10-13)21-16(23)12-4-6-15(19)7-5-12/h4-7,9-11H,2-3,8H2,1H3,(H,21,23). The second-order valence-electron chi connectivity index (χ2n) is 5.15. The molecule has 126 valence electrons. The molecule has 7 heteroatoms. The van der Waals surface area contributed by atoms with E-state index in [2.05, 4.69) is 26.3 Å². The van der Waals surface area contributed by atoms with E-state index in [9.17, 15) is 9.59 Å². The van der Waals surface area contributed by atoms with Crippen molar-refractivity contribution in [3.8, 4) is 0 Å². The fraction of sp³-hybridized carbons (Fsp3) is 0.235. The zero-order valence-corrected chi connectivity index (χ0v) is 15.5. The molecular formula is C17H17BrClN3O2. The van der Waals surface area contributed by atoms with Crippen LogP contribution in [0.2, 0.25) is 5.02 Å². The number of pyridine rings is 1. The maximum Gasteiger partial charge on any atom is 0.273 e. The molecule has 5 nitrogen and oxygen atoms in total. The fourth-order valence-corrected chi connectivity index (χ4v) is 2.49. The Hall–Kier alpha value is -1.92. The van der Waals surface area contributed by atoms with Crippen LogP contribution in [0.5, 0.6) is 0 Å². The van der Waals surface area contributed by atoms with E-state index in [1.165, 1.54) is 11.2 Å². The molecule has 24 heavy (non-hydrogen) atoms. The van der Waals surface area contributed by atoms with Crippen LogP contribution in [0.4, 0.5) is 0 Å². The van der Waals surface area contributed by atoms with Gasteiger partial charge in [0.2, 0.25) is 0 Å². The van der Waals surface area contributed by atoms with Crippen LogP contribution in [0.1, 0.15) is 40.5 Å². The van der Waals surface area contributed by atoms with E-state index in [0.29, 0.717) is 27.2 Å². The van der Waals surface area contributed by atoms with Crippen molar-refractivity contribution in [1.82, 2.24) is 15.4 Å². The summed E-state index contributed by atoms with van der Waals surface area (Å²) in [7, 11) is 0. The van der Waals surface area contributed by atoms with E-state index in [0.717, 1.165) is 12.8 Å². The molecule has 2 amide bonds. The summed E-state index contributed by atoms with van der Waals surface area (Å²) in [5.74, 6) is -0.668. The van der Waals surface area contributed by atoms with Gasteiger partial charge >= 0.3 is 0 Å². The van der Waals surface area contributed by atoms with E-state index < -0.39 is 0 Å². The summed E-state index contributed by atoms with van der Waals surface area (Å²) in [6.45, 7) is 2.44. The smallest absolute Gasteiger partial charge is 0.267 e. The van der Waals surface area contributed by atoms with Gasteiger partial charge in [-0.15, -0.1) is 0 Å². The van der Waals surface area contributed by atoms with Crippen LogP contribution >= 0.6 is 27.5 Å². The average Bonchev–Trinajstić information content (AvgIpc) is 2.58. The van der Waals surface area contributed by atoms with Crippen LogP contribution in [0, 0.1) is 0 Å². The first-order valence-electron chi connectivity index (χ1n) is 7.50. The minimum absolute atomic E-state index is 0.306. The molecule has 2 rings (SSSR count). The van der Waals surface area contributed by atoms with E-state index in [4.69, 9.17) is 11.6 Å². The first kappa shape index (κ1) is 18.4. The summed E-state index contributed by atoms with van der Waals surface area (Å²) in [4.78, 5) is 29.0. The van der Waals surface area contributed by atoms with Crippen LogP contribution < -0.4 is 5.43 Å². The molecule has 0 saturated heterocycles. The summed E-state index contributed by atoms with van der Waals surface area (Å²) < 4.78 is 0.702. The lowest BCUT2D eigenvalue weighted by Crippen LogP contribution is -2.46. The van der Waals surface area contributed by atoms with E-state index in [1.54, 1.807) is 36.5 Å². The third-order valence-electron chi connectivity index (χ3n) is 3.28. The summed E-state index contributed by atoms with van der Waals surface area (Å²) in [5.41, 5.74) is 3.50. The molecule has 0 spiro atoms. The maximum atomic E-state index is 12.7. The Morgan fingerprint density at radius 1 is 1.21 bits per heavy atom. The van der Waals surface area contributed by atoms with E-state index in [1.807, 2.05) is 6.92 Å². The second-order valence-corrected chi connectivity index (χ2v) is 6.50. The zero-order valence-electron chi connectivity index (χ0n) is 13.1. The number of unbranched alkanes of at least 4 members (excludes halogenated alkanes) is 1. The monoisotopic (exact) mass is 409 g/mol. The third-order valence-corrected chi connectivity index (χ3v) is 3.96. The van der Waals surface area contributed by atoms with Gasteiger partial charge in [0.05, 0.1) is 5.56 Å². The number of benzene rings is 1. The van der Waals surface area contributed by atoms with Crippen molar-refractivity contribution in [2.24, 2.45) is 0 Å².